The standard InChI is InChI=1S/C21H37N7OS.HI/c1-3-18-24-20(30-25-18)27-11-9-26(10-12-27)19(22-2)23-17-21(7-5-4-6-8-21)28-13-15-29-16-14-28;/h3-17H2,1-2H3,(H,22,23);1H. The summed E-state index contributed by atoms with van der Waals surface area (Å²) in [5.41, 5.74) is 0.253. The van der Waals surface area contributed by atoms with Crippen molar-refractivity contribution in [3.8, 4) is 0 Å². The van der Waals surface area contributed by atoms with Gasteiger partial charge in [-0.1, -0.05) is 26.2 Å². The van der Waals surface area contributed by atoms with Crippen molar-refractivity contribution in [2.24, 2.45) is 4.99 Å². The van der Waals surface area contributed by atoms with Crippen molar-refractivity contribution in [1.29, 1.82) is 0 Å². The molecule has 4 rings (SSSR count). The van der Waals surface area contributed by atoms with Crippen LogP contribution in [0.2, 0.25) is 0 Å². The summed E-state index contributed by atoms with van der Waals surface area (Å²) in [6.07, 6.45) is 7.49. The van der Waals surface area contributed by atoms with Crippen LogP contribution in [0.3, 0.4) is 0 Å². The summed E-state index contributed by atoms with van der Waals surface area (Å²) in [5.74, 6) is 2.00. The molecule has 0 bridgehead atoms. The van der Waals surface area contributed by atoms with E-state index >= 15 is 0 Å². The SMILES string of the molecule is CCc1nsc(N2CCN(C(=NC)NCC3(N4CCOCC4)CCCCC3)CC2)n1.I. The van der Waals surface area contributed by atoms with Crippen LogP contribution in [0.1, 0.15) is 44.9 Å². The number of aryl methyl sites for hydroxylation is 1. The number of anilines is 1. The predicted octanol–water partition coefficient (Wildman–Crippen LogP) is 2.45. The number of hydrogen-bond donors (Lipinski definition) is 1. The van der Waals surface area contributed by atoms with Gasteiger partial charge in [0.05, 0.1) is 13.2 Å². The van der Waals surface area contributed by atoms with Gasteiger partial charge in [-0.05, 0) is 12.8 Å². The fourth-order valence-electron chi connectivity index (χ4n) is 5.05. The van der Waals surface area contributed by atoms with Crippen molar-refractivity contribution in [1.82, 2.24) is 24.5 Å². The van der Waals surface area contributed by atoms with Crippen LogP contribution < -0.4 is 10.2 Å². The Morgan fingerprint density at radius 3 is 2.42 bits per heavy atom. The Labute approximate surface area is 208 Å². The molecule has 2 saturated heterocycles. The zero-order valence-corrected chi connectivity index (χ0v) is 22.2. The third kappa shape index (κ3) is 6.00. The summed E-state index contributed by atoms with van der Waals surface area (Å²) >= 11 is 1.53. The van der Waals surface area contributed by atoms with Gasteiger partial charge in [0.15, 0.2) is 5.96 Å². The molecule has 0 radical (unpaired) electrons. The lowest BCUT2D eigenvalue weighted by Gasteiger charge is -2.48. The first kappa shape index (κ1) is 24.9. The Balaban J connectivity index is 0.00000272. The number of aliphatic imine (C=N–C) groups is 1. The molecule has 10 heteroatoms. The van der Waals surface area contributed by atoms with Crippen LogP contribution in [0, 0.1) is 0 Å². The van der Waals surface area contributed by atoms with E-state index in [9.17, 15) is 0 Å². The van der Waals surface area contributed by atoms with Crippen LogP contribution in [0.5, 0.6) is 0 Å². The molecular weight excluding hydrogens is 525 g/mol. The normalized spacial score (nSPS) is 22.8. The van der Waals surface area contributed by atoms with Gasteiger partial charge >= 0.3 is 0 Å². The molecule has 31 heavy (non-hydrogen) atoms. The highest BCUT2D eigenvalue weighted by molar-refractivity contribution is 14.0. The highest BCUT2D eigenvalue weighted by atomic mass is 127. The number of guanidine groups is 1. The molecule has 0 unspecified atom stereocenters. The van der Waals surface area contributed by atoms with Crippen LogP contribution in [0.25, 0.3) is 0 Å². The minimum atomic E-state index is 0. The Kier molecular flexibility index (Phi) is 9.60. The second-order valence-electron chi connectivity index (χ2n) is 8.61. The molecule has 0 atom stereocenters. The van der Waals surface area contributed by atoms with E-state index in [2.05, 4.69) is 41.3 Å². The Morgan fingerprint density at radius 2 is 1.81 bits per heavy atom. The van der Waals surface area contributed by atoms with Crippen LogP contribution in [0.4, 0.5) is 5.13 Å². The lowest BCUT2D eigenvalue weighted by Crippen LogP contribution is -2.61. The van der Waals surface area contributed by atoms with Gasteiger partial charge < -0.3 is 19.9 Å². The molecule has 0 amide bonds. The molecule has 0 aromatic carbocycles. The van der Waals surface area contributed by atoms with Crippen molar-refractivity contribution in [2.45, 2.75) is 51.0 Å². The Bertz CT molecular complexity index is 696. The lowest BCUT2D eigenvalue weighted by atomic mass is 9.79. The summed E-state index contributed by atoms with van der Waals surface area (Å²) in [4.78, 5) is 16.7. The number of hydrogen-bond acceptors (Lipinski definition) is 7. The van der Waals surface area contributed by atoms with Crippen LogP contribution >= 0.6 is 35.5 Å². The molecule has 3 aliphatic rings. The molecule has 3 heterocycles. The second-order valence-corrected chi connectivity index (χ2v) is 9.34. The zero-order chi connectivity index (χ0) is 20.8. The lowest BCUT2D eigenvalue weighted by molar-refractivity contribution is -0.0354. The first-order chi connectivity index (χ1) is 14.7. The van der Waals surface area contributed by atoms with Crippen molar-refractivity contribution in [2.75, 3.05) is 71.0 Å². The molecular formula is C21H38IN7OS. The molecule has 2 aliphatic heterocycles. The molecule has 8 nitrogen and oxygen atoms in total. The third-order valence-electron chi connectivity index (χ3n) is 6.88. The summed E-state index contributed by atoms with van der Waals surface area (Å²) in [7, 11) is 1.91. The minimum Gasteiger partial charge on any atom is -0.379 e. The minimum absolute atomic E-state index is 0. The van der Waals surface area contributed by atoms with E-state index in [0.29, 0.717) is 0 Å². The number of morpholine rings is 1. The monoisotopic (exact) mass is 563 g/mol. The van der Waals surface area contributed by atoms with E-state index in [4.69, 9.17) is 4.74 Å². The molecule has 176 valence electrons. The summed E-state index contributed by atoms with van der Waals surface area (Å²) in [6, 6.07) is 0. The van der Waals surface area contributed by atoms with E-state index in [0.717, 1.165) is 82.4 Å². The molecule has 1 aromatic rings. The predicted molar refractivity (Wildman–Crippen MR) is 138 cm³/mol. The fourth-order valence-corrected chi connectivity index (χ4v) is 5.86. The average Bonchev–Trinajstić information content (AvgIpc) is 3.30. The largest absolute Gasteiger partial charge is 0.379 e. The number of nitrogens with one attached hydrogen (secondary N) is 1. The Morgan fingerprint density at radius 1 is 1.10 bits per heavy atom. The van der Waals surface area contributed by atoms with Gasteiger partial charge in [-0.15, -0.1) is 24.0 Å². The van der Waals surface area contributed by atoms with Gasteiger partial charge in [0, 0.05) is 76.4 Å². The highest BCUT2D eigenvalue weighted by Crippen LogP contribution is 2.34. The van der Waals surface area contributed by atoms with E-state index in [-0.39, 0.29) is 29.5 Å². The summed E-state index contributed by atoms with van der Waals surface area (Å²) < 4.78 is 10.1. The molecule has 3 fully saturated rings. The fraction of sp³-hybridized carbons (Fsp3) is 0.857. The quantitative estimate of drug-likeness (QED) is 0.336. The smallest absolute Gasteiger partial charge is 0.205 e. The van der Waals surface area contributed by atoms with Gasteiger partial charge in [-0.3, -0.25) is 9.89 Å². The number of ether oxygens (including phenoxy) is 1. The van der Waals surface area contributed by atoms with E-state index in [1.54, 1.807) is 0 Å². The maximum Gasteiger partial charge on any atom is 0.205 e. The van der Waals surface area contributed by atoms with Crippen LogP contribution in [-0.2, 0) is 11.2 Å². The van der Waals surface area contributed by atoms with Gasteiger partial charge in [0.25, 0.3) is 0 Å². The maximum absolute atomic E-state index is 5.63. The number of aromatic nitrogens is 2. The van der Waals surface area contributed by atoms with Gasteiger partial charge in [0.2, 0.25) is 5.13 Å². The zero-order valence-electron chi connectivity index (χ0n) is 19.0. The van der Waals surface area contributed by atoms with Crippen LogP contribution in [-0.4, -0.2) is 96.7 Å². The summed E-state index contributed by atoms with van der Waals surface area (Å²) in [6.45, 7) is 10.8. The Hall–Kier alpha value is -0.720. The topological polar surface area (TPSA) is 69.1 Å². The first-order valence-electron chi connectivity index (χ1n) is 11.6. The molecule has 1 aromatic heterocycles. The van der Waals surface area contributed by atoms with Gasteiger partial charge in [-0.2, -0.15) is 4.37 Å². The number of rotatable bonds is 5. The summed E-state index contributed by atoms with van der Waals surface area (Å²) in [5, 5.41) is 4.82. The van der Waals surface area contributed by atoms with Crippen molar-refractivity contribution < 1.29 is 4.74 Å². The second kappa shape index (κ2) is 11.9. The average molecular weight is 564 g/mol. The number of halogens is 1. The molecule has 1 aliphatic carbocycles. The molecule has 1 N–H and O–H groups in total. The van der Waals surface area contributed by atoms with Gasteiger partial charge in [0.1, 0.15) is 5.82 Å². The molecule has 1 saturated carbocycles. The highest BCUT2D eigenvalue weighted by Gasteiger charge is 2.39. The van der Waals surface area contributed by atoms with E-state index in [1.165, 1.54) is 43.6 Å². The van der Waals surface area contributed by atoms with Crippen molar-refractivity contribution >= 4 is 46.6 Å². The van der Waals surface area contributed by atoms with E-state index in [1.807, 2.05) is 7.05 Å². The van der Waals surface area contributed by atoms with Crippen LogP contribution in [0.15, 0.2) is 4.99 Å². The van der Waals surface area contributed by atoms with Gasteiger partial charge in [-0.25, -0.2) is 4.98 Å². The van der Waals surface area contributed by atoms with E-state index < -0.39 is 0 Å². The maximum atomic E-state index is 5.63. The molecule has 0 spiro atoms. The number of piperazine rings is 1. The first-order valence-corrected chi connectivity index (χ1v) is 12.4. The van der Waals surface area contributed by atoms with Crippen molar-refractivity contribution in [3.63, 3.8) is 0 Å². The number of nitrogens with zero attached hydrogens (tertiary/aromatic N) is 6. The third-order valence-corrected chi connectivity index (χ3v) is 7.69. The van der Waals surface area contributed by atoms with Crippen molar-refractivity contribution in [3.05, 3.63) is 5.82 Å².